The second-order valence-electron chi connectivity index (χ2n) is 11.3. The van der Waals surface area contributed by atoms with E-state index in [1.54, 1.807) is 36.4 Å². The molecule has 10 heteroatoms. The molecular weight excluding hydrogens is 548 g/mol. The maximum Gasteiger partial charge on any atom is 0.312 e. The summed E-state index contributed by atoms with van der Waals surface area (Å²) in [6.07, 6.45) is -1.30. The fraction of sp³-hybridized carbons (Fsp3) is 0.333. The van der Waals surface area contributed by atoms with Gasteiger partial charge in [0.15, 0.2) is 0 Å². The van der Waals surface area contributed by atoms with Crippen molar-refractivity contribution < 1.29 is 29.0 Å². The zero-order valence-electron chi connectivity index (χ0n) is 24.7. The number of aliphatic hydroxyl groups excluding tert-OH is 1. The number of ether oxygens (including phenoxy) is 1. The van der Waals surface area contributed by atoms with Crippen LogP contribution in [0.3, 0.4) is 0 Å². The molecule has 6 N–H and O–H groups in total. The zero-order chi connectivity index (χ0) is 31.4. The number of primary amides is 1. The predicted molar refractivity (Wildman–Crippen MR) is 163 cm³/mol. The number of aliphatic hydroxyl groups is 1. The van der Waals surface area contributed by atoms with E-state index in [1.807, 2.05) is 69.3 Å². The van der Waals surface area contributed by atoms with Gasteiger partial charge in [0.2, 0.25) is 5.91 Å². The first-order chi connectivity index (χ1) is 20.4. The number of hydrogen-bond donors (Lipinski definition) is 5. The standard InChI is InChI=1S/C33H40N4O6/c1-33(2,3)37-30(40)25-17-11-10-16-24(25)19-28(38)26(18-22-12-6-4-7-13-22)35-31(41)27(36-32(34)42)20-29(39)43-21-23-14-8-5-9-15-23/h4-17,26-28,38H,18-21H2,1-3H3,(H,35,41)(H,37,40)(H3,34,36,42)/t26-,27-,28+/m0/s1. The van der Waals surface area contributed by atoms with Crippen LogP contribution in [-0.2, 0) is 33.8 Å². The Hall–Kier alpha value is -4.70. The summed E-state index contributed by atoms with van der Waals surface area (Å²) >= 11 is 0. The lowest BCUT2D eigenvalue weighted by molar-refractivity contribution is -0.147. The predicted octanol–water partition coefficient (Wildman–Crippen LogP) is 3.02. The van der Waals surface area contributed by atoms with Gasteiger partial charge >= 0.3 is 12.0 Å². The fourth-order valence-electron chi connectivity index (χ4n) is 4.47. The highest BCUT2D eigenvalue weighted by molar-refractivity contribution is 5.96. The second kappa shape index (κ2) is 15.5. The first-order valence-electron chi connectivity index (χ1n) is 14.1. The molecule has 0 aliphatic rings. The molecule has 43 heavy (non-hydrogen) atoms. The lowest BCUT2D eigenvalue weighted by atomic mass is 9.93. The molecule has 3 aromatic carbocycles. The van der Waals surface area contributed by atoms with Gasteiger partial charge in [0.25, 0.3) is 5.91 Å². The summed E-state index contributed by atoms with van der Waals surface area (Å²) < 4.78 is 5.29. The highest BCUT2D eigenvalue weighted by atomic mass is 16.5. The monoisotopic (exact) mass is 588 g/mol. The number of carbonyl (C=O) groups excluding carboxylic acids is 4. The maximum absolute atomic E-state index is 13.4. The van der Waals surface area contributed by atoms with Crippen molar-refractivity contribution in [2.75, 3.05) is 0 Å². The molecule has 0 bridgehead atoms. The van der Waals surface area contributed by atoms with Crippen LogP contribution in [-0.4, -0.2) is 52.6 Å². The van der Waals surface area contributed by atoms with Crippen molar-refractivity contribution in [3.05, 3.63) is 107 Å². The third-order valence-electron chi connectivity index (χ3n) is 6.52. The average molecular weight is 589 g/mol. The lowest BCUT2D eigenvalue weighted by Crippen LogP contribution is -2.55. The van der Waals surface area contributed by atoms with Crippen LogP contribution >= 0.6 is 0 Å². The van der Waals surface area contributed by atoms with Gasteiger partial charge in [0.1, 0.15) is 12.6 Å². The van der Waals surface area contributed by atoms with Crippen molar-refractivity contribution in [3.8, 4) is 0 Å². The normalized spacial score (nSPS) is 13.2. The number of carbonyl (C=O) groups is 4. The smallest absolute Gasteiger partial charge is 0.312 e. The number of nitrogens with one attached hydrogen (secondary N) is 3. The van der Waals surface area contributed by atoms with Crippen LogP contribution in [0.5, 0.6) is 0 Å². The quantitative estimate of drug-likeness (QED) is 0.193. The summed E-state index contributed by atoms with van der Waals surface area (Å²) in [4.78, 5) is 50.7. The van der Waals surface area contributed by atoms with Crippen LogP contribution < -0.4 is 21.7 Å². The minimum Gasteiger partial charge on any atom is -0.461 e. The summed E-state index contributed by atoms with van der Waals surface area (Å²) in [5.74, 6) is -1.70. The zero-order valence-corrected chi connectivity index (χ0v) is 24.7. The molecule has 0 heterocycles. The highest BCUT2D eigenvalue weighted by Crippen LogP contribution is 2.17. The van der Waals surface area contributed by atoms with Gasteiger partial charge in [-0.3, -0.25) is 14.4 Å². The summed E-state index contributed by atoms with van der Waals surface area (Å²) in [6, 6.07) is 22.1. The van der Waals surface area contributed by atoms with Gasteiger partial charge in [-0.2, -0.15) is 0 Å². The van der Waals surface area contributed by atoms with Gasteiger partial charge in [-0.25, -0.2) is 4.79 Å². The van der Waals surface area contributed by atoms with E-state index in [9.17, 15) is 24.3 Å². The van der Waals surface area contributed by atoms with E-state index in [4.69, 9.17) is 10.5 Å². The number of urea groups is 1. The fourth-order valence-corrected chi connectivity index (χ4v) is 4.47. The van der Waals surface area contributed by atoms with Gasteiger partial charge < -0.3 is 31.5 Å². The van der Waals surface area contributed by atoms with Crippen molar-refractivity contribution in [2.45, 2.75) is 70.4 Å². The van der Waals surface area contributed by atoms with E-state index in [-0.39, 0.29) is 25.4 Å². The van der Waals surface area contributed by atoms with Crippen LogP contribution in [0, 0.1) is 0 Å². The molecule has 3 atom stereocenters. The Labute approximate surface area is 252 Å². The molecule has 0 spiro atoms. The summed E-state index contributed by atoms with van der Waals surface area (Å²) in [6.45, 7) is 5.63. The Balaban J connectivity index is 1.78. The molecule has 0 fully saturated rings. The van der Waals surface area contributed by atoms with E-state index in [0.29, 0.717) is 11.1 Å². The van der Waals surface area contributed by atoms with Crippen molar-refractivity contribution >= 4 is 23.8 Å². The van der Waals surface area contributed by atoms with Crippen molar-refractivity contribution in [1.29, 1.82) is 0 Å². The maximum atomic E-state index is 13.4. The number of hydrogen-bond acceptors (Lipinski definition) is 6. The van der Waals surface area contributed by atoms with Crippen LogP contribution in [0.2, 0.25) is 0 Å². The Morgan fingerprint density at radius 2 is 1.40 bits per heavy atom. The van der Waals surface area contributed by atoms with Crippen LogP contribution in [0.25, 0.3) is 0 Å². The first kappa shape index (κ1) is 32.8. The van der Waals surface area contributed by atoms with Gasteiger partial charge in [0, 0.05) is 17.5 Å². The molecule has 0 saturated heterocycles. The van der Waals surface area contributed by atoms with E-state index >= 15 is 0 Å². The Morgan fingerprint density at radius 3 is 2.00 bits per heavy atom. The molecule has 0 saturated carbocycles. The molecule has 3 rings (SSSR count). The number of amides is 4. The van der Waals surface area contributed by atoms with Crippen LogP contribution in [0.1, 0.15) is 54.2 Å². The van der Waals surface area contributed by atoms with Crippen molar-refractivity contribution in [2.24, 2.45) is 5.73 Å². The molecule has 3 aromatic rings. The Bertz CT molecular complexity index is 1370. The highest BCUT2D eigenvalue weighted by Gasteiger charge is 2.30. The summed E-state index contributed by atoms with van der Waals surface area (Å²) in [7, 11) is 0. The lowest BCUT2D eigenvalue weighted by Gasteiger charge is -2.28. The number of nitrogens with two attached hydrogens (primary N) is 1. The average Bonchev–Trinajstić information content (AvgIpc) is 2.95. The van der Waals surface area contributed by atoms with Gasteiger partial charge in [0.05, 0.1) is 18.6 Å². The topological polar surface area (TPSA) is 160 Å². The van der Waals surface area contributed by atoms with Gasteiger partial charge in [-0.1, -0.05) is 78.9 Å². The minimum absolute atomic E-state index is 0.00211. The molecule has 4 amide bonds. The molecule has 0 aliphatic heterocycles. The van der Waals surface area contributed by atoms with Crippen molar-refractivity contribution in [1.82, 2.24) is 16.0 Å². The Kier molecular flexibility index (Phi) is 11.8. The molecular formula is C33H40N4O6. The molecule has 228 valence electrons. The van der Waals surface area contributed by atoms with Crippen LogP contribution in [0.15, 0.2) is 84.9 Å². The van der Waals surface area contributed by atoms with E-state index in [2.05, 4.69) is 16.0 Å². The molecule has 10 nitrogen and oxygen atoms in total. The molecule has 0 aliphatic carbocycles. The van der Waals surface area contributed by atoms with E-state index < -0.39 is 48.1 Å². The number of rotatable bonds is 13. The molecule has 0 unspecified atom stereocenters. The SMILES string of the molecule is CC(C)(C)NC(=O)c1ccccc1C[C@@H](O)[C@H](Cc1ccccc1)NC(=O)[C@H](CC(=O)OCc1ccccc1)NC(N)=O. The minimum atomic E-state index is -1.34. The molecule has 0 radical (unpaired) electrons. The Morgan fingerprint density at radius 1 is 0.814 bits per heavy atom. The van der Waals surface area contributed by atoms with Crippen molar-refractivity contribution in [3.63, 3.8) is 0 Å². The third-order valence-corrected chi connectivity index (χ3v) is 6.52. The third kappa shape index (κ3) is 11.2. The first-order valence-corrected chi connectivity index (χ1v) is 14.1. The molecule has 0 aromatic heterocycles. The summed E-state index contributed by atoms with van der Waals surface area (Å²) in [5, 5.41) is 19.4. The number of benzene rings is 3. The van der Waals surface area contributed by atoms with E-state index in [0.717, 1.165) is 11.1 Å². The van der Waals surface area contributed by atoms with Gasteiger partial charge in [-0.05, 0) is 49.9 Å². The summed E-state index contributed by atoms with van der Waals surface area (Å²) in [5.41, 5.74) is 7.46. The number of esters is 1. The van der Waals surface area contributed by atoms with E-state index in [1.165, 1.54) is 0 Å². The van der Waals surface area contributed by atoms with Gasteiger partial charge in [-0.15, -0.1) is 0 Å². The second-order valence-corrected chi connectivity index (χ2v) is 11.3. The van der Waals surface area contributed by atoms with Crippen LogP contribution in [0.4, 0.5) is 4.79 Å². The largest absolute Gasteiger partial charge is 0.461 e.